The van der Waals surface area contributed by atoms with Crippen molar-refractivity contribution in [3.05, 3.63) is 0 Å². The smallest absolute Gasteiger partial charge is 0.374 e. The maximum Gasteiger partial charge on any atom is 0.501 e. The van der Waals surface area contributed by atoms with Gasteiger partial charge in [0.1, 0.15) is 0 Å². The topological polar surface area (TPSA) is 27.7 Å². The molecule has 0 aliphatic carbocycles. The van der Waals surface area contributed by atoms with Crippen molar-refractivity contribution >= 4 is 8.80 Å². The van der Waals surface area contributed by atoms with Crippen molar-refractivity contribution in [2.45, 2.75) is 46.6 Å². The van der Waals surface area contributed by atoms with Crippen LogP contribution in [0.4, 0.5) is 0 Å². The average molecular weight is 293 g/mol. The minimum atomic E-state index is -2.43. The van der Waals surface area contributed by atoms with Crippen molar-refractivity contribution in [1.82, 2.24) is 0 Å². The Labute approximate surface area is 121 Å². The molecule has 0 heterocycles. The molecule has 4 nitrogen and oxygen atoms in total. The van der Waals surface area contributed by atoms with Gasteiger partial charge in [-0.3, -0.25) is 0 Å². The van der Waals surface area contributed by atoms with Gasteiger partial charge in [0.05, 0.1) is 27.2 Å². The zero-order valence-corrected chi connectivity index (χ0v) is 14.8. The van der Waals surface area contributed by atoms with Gasteiger partial charge >= 0.3 is 8.80 Å². The van der Waals surface area contributed by atoms with Crippen LogP contribution in [-0.4, -0.2) is 60.3 Å². The van der Waals surface area contributed by atoms with Crippen LogP contribution in [-0.2, 0) is 13.3 Å². The molecule has 0 aromatic carbocycles. The number of nitrogens with zero attached hydrogens (tertiary/aromatic N) is 1. The minimum Gasteiger partial charge on any atom is -0.374 e. The Morgan fingerprint density at radius 1 is 0.789 bits per heavy atom. The fourth-order valence-corrected chi connectivity index (χ4v) is 5.04. The molecule has 0 N–H and O–H groups in total. The first-order chi connectivity index (χ1) is 8.95. The number of hydrogen-bond acceptors (Lipinski definition) is 3. The summed E-state index contributed by atoms with van der Waals surface area (Å²) in [6.45, 7) is 12.6. The highest BCUT2D eigenvalue weighted by atomic mass is 28.4. The normalized spacial score (nSPS) is 12.9. The van der Waals surface area contributed by atoms with Crippen LogP contribution in [0.1, 0.15) is 40.5 Å². The van der Waals surface area contributed by atoms with Gasteiger partial charge in [0.25, 0.3) is 0 Å². The summed E-state index contributed by atoms with van der Waals surface area (Å²) in [6.07, 6.45) is 2.32. The highest BCUT2D eigenvalue weighted by Crippen LogP contribution is 2.19. The highest BCUT2D eigenvalue weighted by Gasteiger charge is 2.40. The molecule has 0 aliphatic rings. The summed E-state index contributed by atoms with van der Waals surface area (Å²) in [5.41, 5.74) is 0. The molecule has 0 fully saturated rings. The minimum absolute atomic E-state index is 0.666. The van der Waals surface area contributed by atoms with Gasteiger partial charge < -0.3 is 17.8 Å². The van der Waals surface area contributed by atoms with Gasteiger partial charge in [0.2, 0.25) is 0 Å². The van der Waals surface area contributed by atoms with E-state index in [-0.39, 0.29) is 0 Å². The van der Waals surface area contributed by atoms with E-state index in [0.29, 0.717) is 19.8 Å². The van der Waals surface area contributed by atoms with Crippen LogP contribution in [0.15, 0.2) is 0 Å². The van der Waals surface area contributed by atoms with E-state index in [1.807, 2.05) is 20.8 Å². The summed E-state index contributed by atoms with van der Waals surface area (Å²) < 4.78 is 18.7. The predicted octanol–water partition coefficient (Wildman–Crippen LogP) is 2.91. The molecule has 0 saturated heterocycles. The lowest BCUT2D eigenvalue weighted by atomic mass is 10.3. The highest BCUT2D eigenvalue weighted by molar-refractivity contribution is 6.60. The first kappa shape index (κ1) is 19.1. The first-order valence-electron chi connectivity index (χ1n) is 7.69. The number of rotatable bonds is 12. The molecule has 0 amide bonds. The van der Waals surface area contributed by atoms with E-state index in [1.54, 1.807) is 0 Å². The third-order valence-corrected chi connectivity index (χ3v) is 6.32. The monoisotopic (exact) mass is 292 g/mol. The molecule has 0 unspecified atom stereocenters. The SMILES string of the molecule is CCC[N+](C)(C)CCC[Si](OCC)(OCC)OCC. The van der Waals surface area contributed by atoms with Gasteiger partial charge in [-0.2, -0.15) is 0 Å². The second kappa shape index (κ2) is 9.88. The van der Waals surface area contributed by atoms with E-state index in [0.717, 1.165) is 23.5 Å². The first-order valence-corrected chi connectivity index (χ1v) is 9.62. The summed E-state index contributed by atoms with van der Waals surface area (Å²) in [5, 5.41) is 0. The molecular formula is C14H34NO3Si+. The quantitative estimate of drug-likeness (QED) is 0.409. The van der Waals surface area contributed by atoms with Gasteiger partial charge in [-0.05, 0) is 27.2 Å². The van der Waals surface area contributed by atoms with Crippen molar-refractivity contribution in [1.29, 1.82) is 0 Å². The van der Waals surface area contributed by atoms with E-state index < -0.39 is 8.80 Å². The van der Waals surface area contributed by atoms with E-state index in [1.165, 1.54) is 13.0 Å². The standard InChI is InChI=1S/C14H34NO3Si/c1-7-12-15(5,6)13-11-14-19(16-8-2,17-9-3)18-10-4/h7-14H2,1-6H3/q+1. The van der Waals surface area contributed by atoms with Gasteiger partial charge in [-0.25, -0.2) is 0 Å². The molecule has 0 saturated carbocycles. The Morgan fingerprint density at radius 3 is 1.63 bits per heavy atom. The van der Waals surface area contributed by atoms with Crippen molar-refractivity contribution in [3.8, 4) is 0 Å². The summed E-state index contributed by atoms with van der Waals surface area (Å²) >= 11 is 0. The Balaban J connectivity index is 4.38. The Morgan fingerprint density at radius 2 is 1.26 bits per heavy atom. The van der Waals surface area contributed by atoms with Crippen LogP contribution < -0.4 is 0 Å². The Bertz CT molecular complexity index is 208. The van der Waals surface area contributed by atoms with Gasteiger partial charge in [0.15, 0.2) is 0 Å². The summed E-state index contributed by atoms with van der Waals surface area (Å²) in [4.78, 5) is 0. The number of quaternary nitrogens is 1. The zero-order valence-electron chi connectivity index (χ0n) is 13.8. The van der Waals surface area contributed by atoms with Crippen LogP contribution in [0.25, 0.3) is 0 Å². The van der Waals surface area contributed by atoms with Crippen molar-refractivity contribution in [2.75, 3.05) is 47.0 Å². The molecular weight excluding hydrogens is 258 g/mol. The third-order valence-electron chi connectivity index (χ3n) is 3.17. The van der Waals surface area contributed by atoms with Crippen LogP contribution in [0, 0.1) is 0 Å². The van der Waals surface area contributed by atoms with E-state index in [4.69, 9.17) is 13.3 Å². The molecule has 0 aromatic rings. The third kappa shape index (κ3) is 8.04. The molecule has 0 spiro atoms. The molecule has 0 radical (unpaired) electrons. The van der Waals surface area contributed by atoms with Gasteiger partial charge in [-0.1, -0.05) is 6.92 Å². The second-order valence-corrected chi connectivity index (χ2v) is 8.20. The fourth-order valence-electron chi connectivity index (χ4n) is 2.44. The molecule has 116 valence electrons. The summed E-state index contributed by atoms with van der Waals surface area (Å²) in [6, 6.07) is 0.925. The molecule has 19 heavy (non-hydrogen) atoms. The molecule has 0 rings (SSSR count). The maximum atomic E-state index is 5.87. The van der Waals surface area contributed by atoms with Gasteiger partial charge in [0, 0.05) is 32.3 Å². The molecule has 5 heteroatoms. The lowest BCUT2D eigenvalue weighted by Crippen LogP contribution is -2.47. The van der Waals surface area contributed by atoms with Crippen LogP contribution in [0.3, 0.4) is 0 Å². The van der Waals surface area contributed by atoms with Crippen molar-refractivity contribution < 1.29 is 17.8 Å². The van der Waals surface area contributed by atoms with Crippen LogP contribution in [0.5, 0.6) is 0 Å². The van der Waals surface area contributed by atoms with Crippen molar-refractivity contribution in [3.63, 3.8) is 0 Å². The molecule has 0 aromatic heterocycles. The van der Waals surface area contributed by atoms with E-state index >= 15 is 0 Å². The molecule has 0 atom stereocenters. The zero-order chi connectivity index (χ0) is 14.8. The van der Waals surface area contributed by atoms with Crippen molar-refractivity contribution in [2.24, 2.45) is 0 Å². The summed E-state index contributed by atoms with van der Waals surface area (Å²) in [5.74, 6) is 0. The Kier molecular flexibility index (Phi) is 9.91. The van der Waals surface area contributed by atoms with E-state index in [2.05, 4.69) is 21.0 Å². The van der Waals surface area contributed by atoms with Crippen LogP contribution >= 0.6 is 0 Å². The maximum absolute atomic E-state index is 5.87. The summed E-state index contributed by atoms with van der Waals surface area (Å²) in [7, 11) is 2.14. The average Bonchev–Trinajstić information content (AvgIpc) is 2.29. The lowest BCUT2D eigenvalue weighted by molar-refractivity contribution is -0.890. The largest absolute Gasteiger partial charge is 0.501 e. The molecule has 0 bridgehead atoms. The lowest BCUT2D eigenvalue weighted by Gasteiger charge is -2.32. The van der Waals surface area contributed by atoms with E-state index in [9.17, 15) is 0 Å². The Hall–Kier alpha value is 0.0569. The fraction of sp³-hybridized carbons (Fsp3) is 1.00. The second-order valence-electron chi connectivity index (χ2n) is 5.47. The number of hydrogen-bond donors (Lipinski definition) is 0. The van der Waals surface area contributed by atoms with Crippen LogP contribution in [0.2, 0.25) is 6.04 Å². The van der Waals surface area contributed by atoms with Gasteiger partial charge in [-0.15, -0.1) is 0 Å². The molecule has 0 aliphatic heterocycles. The predicted molar refractivity (Wildman–Crippen MR) is 82.2 cm³/mol.